The number of aromatic nitrogens is 3. The molecule has 2 heterocycles. The number of nitrogens with zero attached hydrogens (tertiary/aromatic N) is 4. The minimum atomic E-state index is -0.0322. The van der Waals surface area contributed by atoms with Crippen molar-refractivity contribution in [2.24, 2.45) is 0 Å². The molecule has 0 unspecified atom stereocenters. The van der Waals surface area contributed by atoms with Gasteiger partial charge in [-0.3, -0.25) is 9.36 Å². The molecule has 1 fully saturated rings. The molecule has 1 saturated heterocycles. The maximum atomic E-state index is 12.6. The summed E-state index contributed by atoms with van der Waals surface area (Å²) in [7, 11) is 0. The molecule has 0 spiro atoms. The summed E-state index contributed by atoms with van der Waals surface area (Å²) in [6, 6.07) is 20.1. The van der Waals surface area contributed by atoms with Crippen molar-refractivity contribution in [3.63, 3.8) is 0 Å². The number of amides is 1. The van der Waals surface area contributed by atoms with Crippen LogP contribution in [-0.2, 0) is 4.79 Å². The summed E-state index contributed by atoms with van der Waals surface area (Å²) in [6.07, 6.45) is 3.60. The average molecular weight is 422 g/mol. The zero-order valence-corrected chi connectivity index (χ0v) is 18.0. The second kappa shape index (κ2) is 9.80. The summed E-state index contributed by atoms with van der Waals surface area (Å²) < 4.78 is 2.07. The molecule has 0 aliphatic carbocycles. The van der Waals surface area contributed by atoms with E-state index in [9.17, 15) is 4.79 Å². The molecule has 7 heteroatoms. The van der Waals surface area contributed by atoms with Crippen molar-refractivity contribution in [1.29, 1.82) is 0 Å². The molecule has 0 radical (unpaired) electrons. The molecule has 1 N–H and O–H groups in total. The second-order valence-electron chi connectivity index (χ2n) is 7.49. The molecule has 1 aliphatic rings. The van der Waals surface area contributed by atoms with E-state index in [1.165, 1.54) is 31.0 Å². The van der Waals surface area contributed by atoms with Crippen LogP contribution in [0.25, 0.3) is 5.69 Å². The number of piperidine rings is 1. The lowest BCUT2D eigenvalue weighted by Crippen LogP contribution is -2.31. The minimum Gasteiger partial charge on any atom is -0.349 e. The second-order valence-corrected chi connectivity index (χ2v) is 8.43. The lowest BCUT2D eigenvalue weighted by atomic mass is 10.1. The Hall–Kier alpha value is -2.80. The molecule has 1 atom stereocenters. The number of thioether (sulfide) groups is 1. The molecule has 156 valence electrons. The van der Waals surface area contributed by atoms with Crippen LogP contribution in [0.5, 0.6) is 0 Å². The van der Waals surface area contributed by atoms with Crippen molar-refractivity contribution in [3.8, 4) is 5.69 Å². The fourth-order valence-electron chi connectivity index (χ4n) is 3.70. The normalized spacial score (nSPS) is 15.0. The Morgan fingerprint density at radius 2 is 1.67 bits per heavy atom. The van der Waals surface area contributed by atoms with Crippen LogP contribution in [0.1, 0.15) is 37.8 Å². The van der Waals surface area contributed by atoms with Crippen LogP contribution in [0, 0.1) is 0 Å². The molecule has 0 bridgehead atoms. The molecule has 0 saturated carbocycles. The zero-order chi connectivity index (χ0) is 20.8. The molecular formula is C23H27N5OS. The first-order valence-electron chi connectivity index (χ1n) is 10.5. The number of benzene rings is 2. The van der Waals surface area contributed by atoms with Crippen LogP contribution in [0.3, 0.4) is 0 Å². The zero-order valence-electron chi connectivity index (χ0n) is 17.2. The van der Waals surface area contributed by atoms with Crippen molar-refractivity contribution in [1.82, 2.24) is 20.1 Å². The van der Waals surface area contributed by atoms with Gasteiger partial charge in [-0.1, -0.05) is 60.3 Å². The summed E-state index contributed by atoms with van der Waals surface area (Å²) >= 11 is 1.42. The van der Waals surface area contributed by atoms with Crippen LogP contribution >= 0.6 is 11.8 Å². The third kappa shape index (κ3) is 4.84. The van der Waals surface area contributed by atoms with Gasteiger partial charge in [-0.25, -0.2) is 0 Å². The van der Waals surface area contributed by atoms with E-state index in [1.807, 2.05) is 55.5 Å². The predicted molar refractivity (Wildman–Crippen MR) is 121 cm³/mol. The van der Waals surface area contributed by atoms with E-state index in [4.69, 9.17) is 0 Å². The van der Waals surface area contributed by atoms with Gasteiger partial charge < -0.3 is 10.2 Å². The highest BCUT2D eigenvalue weighted by molar-refractivity contribution is 7.99. The van der Waals surface area contributed by atoms with Crippen molar-refractivity contribution in [2.45, 2.75) is 37.4 Å². The molecule has 1 aliphatic heterocycles. The number of nitrogens with one attached hydrogen (secondary N) is 1. The molecule has 6 nitrogen and oxygen atoms in total. The highest BCUT2D eigenvalue weighted by atomic mass is 32.2. The summed E-state index contributed by atoms with van der Waals surface area (Å²) in [5.74, 6) is 1.14. The molecule has 2 aromatic carbocycles. The lowest BCUT2D eigenvalue weighted by molar-refractivity contribution is -0.119. The van der Waals surface area contributed by atoms with Gasteiger partial charge >= 0.3 is 0 Å². The van der Waals surface area contributed by atoms with Gasteiger partial charge in [-0.05, 0) is 43.9 Å². The Labute approximate surface area is 181 Å². The molecule has 1 amide bonds. The van der Waals surface area contributed by atoms with E-state index >= 15 is 0 Å². The first-order chi connectivity index (χ1) is 14.7. The standard InChI is InChI=1S/C23H27N5OS/c1-18(19-11-5-2-6-12-19)24-21(29)17-30-23-26-25-22(27-15-9-4-10-16-27)28(23)20-13-7-3-8-14-20/h2-3,5-8,11-14,18H,4,9-10,15-17H2,1H3,(H,24,29)/t18-/m0/s1. The van der Waals surface area contributed by atoms with Gasteiger partial charge in [-0.15, -0.1) is 10.2 Å². The summed E-state index contributed by atoms with van der Waals surface area (Å²) in [5, 5.41) is 12.7. The Morgan fingerprint density at radius 3 is 2.37 bits per heavy atom. The van der Waals surface area contributed by atoms with Crippen molar-refractivity contribution in [3.05, 3.63) is 66.2 Å². The summed E-state index contributed by atoms with van der Waals surface area (Å²) in [5.41, 5.74) is 2.11. The predicted octanol–water partition coefficient (Wildman–Crippen LogP) is 4.23. The third-order valence-corrected chi connectivity index (χ3v) is 6.21. The fourth-order valence-corrected chi connectivity index (χ4v) is 4.45. The molecule has 3 aromatic rings. The maximum Gasteiger partial charge on any atom is 0.232 e. The molecular weight excluding hydrogens is 394 g/mol. The number of rotatable bonds is 7. The largest absolute Gasteiger partial charge is 0.349 e. The van der Waals surface area contributed by atoms with E-state index in [2.05, 4.69) is 37.1 Å². The van der Waals surface area contributed by atoms with Gasteiger partial charge in [0.1, 0.15) is 0 Å². The fraction of sp³-hybridized carbons (Fsp3) is 0.348. The van der Waals surface area contributed by atoms with E-state index in [-0.39, 0.29) is 11.9 Å². The van der Waals surface area contributed by atoms with E-state index in [1.54, 1.807) is 0 Å². The Bertz CT molecular complexity index is 954. The Morgan fingerprint density at radius 1 is 1.00 bits per heavy atom. The third-order valence-electron chi connectivity index (χ3n) is 5.28. The first-order valence-corrected chi connectivity index (χ1v) is 11.4. The van der Waals surface area contributed by atoms with Gasteiger partial charge in [0, 0.05) is 13.1 Å². The number of hydrogen-bond donors (Lipinski definition) is 1. The Kier molecular flexibility index (Phi) is 6.69. The Balaban J connectivity index is 1.48. The van der Waals surface area contributed by atoms with E-state index in [0.29, 0.717) is 5.75 Å². The molecule has 30 heavy (non-hydrogen) atoms. The van der Waals surface area contributed by atoms with Crippen LogP contribution in [0.2, 0.25) is 0 Å². The lowest BCUT2D eigenvalue weighted by Gasteiger charge is -2.27. The van der Waals surface area contributed by atoms with Crippen LogP contribution in [0.15, 0.2) is 65.8 Å². The monoisotopic (exact) mass is 421 g/mol. The number of carbonyl (C=O) groups is 1. The number of hydrogen-bond acceptors (Lipinski definition) is 5. The number of para-hydroxylation sites is 1. The quantitative estimate of drug-likeness (QED) is 0.579. The van der Waals surface area contributed by atoms with Crippen LogP contribution in [-0.4, -0.2) is 39.5 Å². The van der Waals surface area contributed by atoms with Crippen molar-refractivity contribution >= 4 is 23.6 Å². The SMILES string of the molecule is C[C@H](NC(=O)CSc1nnc(N2CCCCC2)n1-c1ccccc1)c1ccccc1. The topological polar surface area (TPSA) is 63.1 Å². The first kappa shape index (κ1) is 20.5. The van der Waals surface area contributed by atoms with Gasteiger partial charge in [0.15, 0.2) is 5.16 Å². The van der Waals surface area contributed by atoms with Crippen LogP contribution < -0.4 is 10.2 Å². The van der Waals surface area contributed by atoms with Gasteiger partial charge in [-0.2, -0.15) is 0 Å². The van der Waals surface area contributed by atoms with Gasteiger partial charge in [0.25, 0.3) is 0 Å². The van der Waals surface area contributed by atoms with Crippen molar-refractivity contribution in [2.75, 3.05) is 23.7 Å². The number of carbonyl (C=O) groups excluding carboxylic acids is 1. The molecule has 4 rings (SSSR count). The van der Waals surface area contributed by atoms with E-state index < -0.39 is 0 Å². The highest BCUT2D eigenvalue weighted by Crippen LogP contribution is 2.28. The number of anilines is 1. The van der Waals surface area contributed by atoms with Gasteiger partial charge in [0.2, 0.25) is 11.9 Å². The van der Waals surface area contributed by atoms with Crippen LogP contribution in [0.4, 0.5) is 5.95 Å². The maximum absolute atomic E-state index is 12.6. The minimum absolute atomic E-state index is 0.0153. The average Bonchev–Trinajstić information content (AvgIpc) is 3.23. The van der Waals surface area contributed by atoms with E-state index in [0.717, 1.165) is 35.4 Å². The van der Waals surface area contributed by atoms with Gasteiger partial charge in [0.05, 0.1) is 17.5 Å². The smallest absolute Gasteiger partial charge is 0.232 e. The molecule has 1 aromatic heterocycles. The summed E-state index contributed by atoms with van der Waals surface area (Å²) in [6.45, 7) is 3.98. The van der Waals surface area contributed by atoms with Crippen molar-refractivity contribution < 1.29 is 4.79 Å². The summed E-state index contributed by atoms with van der Waals surface area (Å²) in [4.78, 5) is 14.9. The highest BCUT2D eigenvalue weighted by Gasteiger charge is 2.22.